The van der Waals surface area contributed by atoms with Gasteiger partial charge >= 0.3 is 0 Å². The van der Waals surface area contributed by atoms with Crippen molar-refractivity contribution in [2.24, 2.45) is 5.16 Å². The number of hydrogen-bond acceptors (Lipinski definition) is 8. The van der Waals surface area contributed by atoms with Crippen LogP contribution in [0.1, 0.15) is 47.5 Å². The molecular formula is C25H23Cl2IN4O4S. The van der Waals surface area contributed by atoms with Gasteiger partial charge in [0.1, 0.15) is 5.71 Å². The van der Waals surface area contributed by atoms with Crippen molar-refractivity contribution >= 4 is 68.7 Å². The van der Waals surface area contributed by atoms with Crippen molar-refractivity contribution in [3.05, 3.63) is 65.7 Å². The van der Waals surface area contributed by atoms with E-state index < -0.39 is 0 Å². The first-order valence-corrected chi connectivity index (χ1v) is 14.4. The molecule has 0 aliphatic carbocycles. The van der Waals surface area contributed by atoms with Crippen molar-refractivity contribution in [3.8, 4) is 11.6 Å². The molecule has 2 aliphatic rings. The summed E-state index contributed by atoms with van der Waals surface area (Å²) in [6, 6.07) is 7.21. The molecule has 0 N–H and O–H groups in total. The summed E-state index contributed by atoms with van der Waals surface area (Å²) < 4.78 is 11.9. The van der Waals surface area contributed by atoms with Crippen LogP contribution in [0.3, 0.4) is 0 Å². The topological polar surface area (TPSA) is 86.1 Å². The zero-order valence-electron chi connectivity index (χ0n) is 19.8. The average Bonchev–Trinajstić information content (AvgIpc) is 3.58. The van der Waals surface area contributed by atoms with E-state index in [0.717, 1.165) is 38.4 Å². The number of aromatic nitrogens is 2. The maximum Gasteiger partial charge on any atom is 0.260 e. The number of amides is 1. The molecule has 1 amide bonds. The van der Waals surface area contributed by atoms with Crippen molar-refractivity contribution in [2.75, 3.05) is 26.8 Å². The van der Waals surface area contributed by atoms with Crippen LogP contribution >= 0.6 is 57.1 Å². The normalized spacial score (nSPS) is 17.9. The quantitative estimate of drug-likeness (QED) is 0.282. The lowest BCUT2D eigenvalue weighted by atomic mass is 9.97. The number of piperidine rings is 1. The Kier molecular flexibility index (Phi) is 8.37. The van der Waals surface area contributed by atoms with Crippen LogP contribution in [0.25, 0.3) is 0 Å². The van der Waals surface area contributed by atoms with Crippen molar-refractivity contribution in [2.45, 2.75) is 31.3 Å². The number of carbonyl (C=O) groups excluding carboxylic acids is 1. The molecule has 1 atom stereocenters. The Bertz CT molecular complexity index is 1310. The third-order valence-corrected chi connectivity index (χ3v) is 8.60. The minimum Gasteiger partial charge on any atom is -0.491 e. The number of thiazole rings is 1. The lowest BCUT2D eigenvalue weighted by Crippen LogP contribution is -2.40. The van der Waals surface area contributed by atoms with Gasteiger partial charge < -0.3 is 19.2 Å². The molecule has 0 radical (unpaired) electrons. The van der Waals surface area contributed by atoms with E-state index in [1.54, 1.807) is 36.8 Å². The van der Waals surface area contributed by atoms with Crippen LogP contribution in [0.5, 0.6) is 11.6 Å². The van der Waals surface area contributed by atoms with Crippen LogP contribution in [0, 0.1) is 3.57 Å². The number of oxime groups is 1. The zero-order valence-corrected chi connectivity index (χ0v) is 24.3. The van der Waals surface area contributed by atoms with E-state index in [0.29, 0.717) is 47.1 Å². The molecule has 2 aliphatic heterocycles. The van der Waals surface area contributed by atoms with Crippen molar-refractivity contribution < 1.29 is 19.1 Å². The van der Waals surface area contributed by atoms with Gasteiger partial charge in [0.05, 0.1) is 17.8 Å². The Morgan fingerprint density at radius 2 is 2.03 bits per heavy atom. The highest BCUT2D eigenvalue weighted by atomic mass is 127. The number of benzene rings is 1. The van der Waals surface area contributed by atoms with Gasteiger partial charge in [0, 0.05) is 62.3 Å². The highest BCUT2D eigenvalue weighted by molar-refractivity contribution is 14.1. The van der Waals surface area contributed by atoms with E-state index in [9.17, 15) is 4.79 Å². The summed E-state index contributed by atoms with van der Waals surface area (Å²) >= 11 is 16.4. The minimum absolute atomic E-state index is 0.0672. The van der Waals surface area contributed by atoms with Gasteiger partial charge in [0.25, 0.3) is 11.8 Å². The third kappa shape index (κ3) is 5.97. The highest BCUT2D eigenvalue weighted by Crippen LogP contribution is 2.39. The Balaban J connectivity index is 1.14. The number of methoxy groups -OCH3 is 1. The second kappa shape index (κ2) is 11.7. The molecule has 5 rings (SSSR count). The Hall–Kier alpha value is -2.15. The van der Waals surface area contributed by atoms with Gasteiger partial charge in [0.15, 0.2) is 18.5 Å². The van der Waals surface area contributed by atoms with Crippen molar-refractivity contribution in [3.63, 3.8) is 0 Å². The summed E-state index contributed by atoms with van der Waals surface area (Å²) in [7, 11) is 1.55. The molecule has 1 saturated heterocycles. The van der Waals surface area contributed by atoms with E-state index in [1.807, 2.05) is 22.4 Å². The molecule has 1 fully saturated rings. The summed E-state index contributed by atoms with van der Waals surface area (Å²) in [6.07, 6.45) is 3.58. The standard InChI is InChI=1S/C25H23Cl2IN4O4S/c1-34-21-9-15(28)11-29-24(21)35-12-22(33)32-7-5-14(6-8-32)25-30-19(13-37-25)18-10-20(36-31-18)23-16(26)3-2-4-17(23)27/h2-4,9,11,13-14,20H,5-8,10,12H2,1H3. The average molecular weight is 673 g/mol. The maximum atomic E-state index is 12.7. The second-order valence-corrected chi connectivity index (χ2v) is 11.6. The first kappa shape index (κ1) is 26.5. The molecule has 1 unspecified atom stereocenters. The number of ether oxygens (including phenoxy) is 2. The van der Waals surface area contributed by atoms with E-state index in [-0.39, 0.29) is 18.6 Å². The molecule has 37 heavy (non-hydrogen) atoms. The summed E-state index contributed by atoms with van der Waals surface area (Å²) in [5.74, 6) is 1.05. The first-order valence-electron chi connectivity index (χ1n) is 11.7. The van der Waals surface area contributed by atoms with Crippen LogP contribution in [-0.4, -0.2) is 53.3 Å². The number of carbonyl (C=O) groups is 1. The molecule has 4 heterocycles. The molecule has 0 saturated carbocycles. The Morgan fingerprint density at radius 1 is 1.27 bits per heavy atom. The van der Waals surface area contributed by atoms with Crippen molar-refractivity contribution in [1.29, 1.82) is 0 Å². The molecule has 194 valence electrons. The molecule has 0 bridgehead atoms. The van der Waals surface area contributed by atoms with Gasteiger partial charge in [-0.1, -0.05) is 34.4 Å². The predicted molar refractivity (Wildman–Crippen MR) is 151 cm³/mol. The number of halogens is 3. The molecular weight excluding hydrogens is 650 g/mol. The van der Waals surface area contributed by atoms with Crippen LogP contribution in [0.4, 0.5) is 0 Å². The van der Waals surface area contributed by atoms with Gasteiger partial charge in [-0.2, -0.15) is 0 Å². The SMILES string of the molecule is COc1cc(I)cnc1OCC(=O)N1CCC(c2nc(C3=NOC(c4c(Cl)cccc4Cl)C3)cs2)CC1. The number of rotatable bonds is 7. The minimum atomic E-state index is -0.326. The van der Waals surface area contributed by atoms with Gasteiger partial charge in [-0.05, 0) is 47.6 Å². The number of likely N-dealkylation sites (tertiary alicyclic amines) is 1. The Morgan fingerprint density at radius 3 is 2.76 bits per heavy atom. The maximum absolute atomic E-state index is 12.7. The van der Waals surface area contributed by atoms with Crippen LogP contribution in [0.15, 0.2) is 41.0 Å². The first-order chi connectivity index (χ1) is 17.9. The van der Waals surface area contributed by atoms with E-state index >= 15 is 0 Å². The van der Waals surface area contributed by atoms with Crippen LogP contribution in [-0.2, 0) is 9.63 Å². The molecule has 8 nitrogen and oxygen atoms in total. The molecule has 0 spiro atoms. The lowest BCUT2D eigenvalue weighted by molar-refractivity contribution is -0.134. The molecule has 2 aromatic heterocycles. The van der Waals surface area contributed by atoms with E-state index in [2.05, 4.69) is 32.7 Å². The zero-order chi connectivity index (χ0) is 25.9. The monoisotopic (exact) mass is 672 g/mol. The number of hydrogen-bond donors (Lipinski definition) is 0. The molecule has 3 aromatic rings. The molecule has 1 aromatic carbocycles. The summed E-state index contributed by atoms with van der Waals surface area (Å²) in [6.45, 7) is 1.22. The lowest BCUT2D eigenvalue weighted by Gasteiger charge is -2.31. The smallest absolute Gasteiger partial charge is 0.260 e. The fraction of sp³-hybridized carbons (Fsp3) is 0.360. The second-order valence-electron chi connectivity index (χ2n) is 8.65. The Labute approximate surface area is 242 Å². The molecule has 12 heteroatoms. The summed E-state index contributed by atoms with van der Waals surface area (Å²) in [5, 5.41) is 8.46. The number of nitrogens with zero attached hydrogens (tertiary/aromatic N) is 4. The van der Waals surface area contributed by atoms with E-state index in [4.69, 9.17) is 42.5 Å². The highest BCUT2D eigenvalue weighted by Gasteiger charge is 2.31. The third-order valence-electron chi connectivity index (χ3n) is 6.34. The van der Waals surface area contributed by atoms with Gasteiger partial charge in [-0.15, -0.1) is 11.3 Å². The van der Waals surface area contributed by atoms with Crippen molar-refractivity contribution in [1.82, 2.24) is 14.9 Å². The predicted octanol–water partition coefficient (Wildman–Crippen LogP) is 6.11. The summed E-state index contributed by atoms with van der Waals surface area (Å²) in [5.41, 5.74) is 2.35. The number of pyridine rings is 1. The van der Waals surface area contributed by atoms with Gasteiger partial charge in [-0.3, -0.25) is 4.79 Å². The largest absolute Gasteiger partial charge is 0.491 e. The van der Waals surface area contributed by atoms with Crippen LogP contribution in [0.2, 0.25) is 10.0 Å². The van der Waals surface area contributed by atoms with Crippen LogP contribution < -0.4 is 9.47 Å². The fourth-order valence-corrected chi connectivity index (χ4v) is 6.43. The van der Waals surface area contributed by atoms with Gasteiger partial charge in [-0.25, -0.2) is 9.97 Å². The van der Waals surface area contributed by atoms with E-state index in [1.165, 1.54) is 0 Å². The van der Waals surface area contributed by atoms with Gasteiger partial charge in [0.2, 0.25) is 0 Å². The fourth-order valence-electron chi connectivity index (χ4n) is 4.37. The summed E-state index contributed by atoms with van der Waals surface area (Å²) in [4.78, 5) is 29.3.